The molecule has 0 aliphatic heterocycles. The fourth-order valence-electron chi connectivity index (χ4n) is 1.23. The molecule has 80 valence electrons. The Labute approximate surface area is 92.6 Å². The molecule has 15 heavy (non-hydrogen) atoms. The number of benzene rings is 1. The fourth-order valence-corrected chi connectivity index (χ4v) is 1.62. The lowest BCUT2D eigenvalue weighted by molar-refractivity contribution is 0.687. The van der Waals surface area contributed by atoms with Gasteiger partial charge in [0, 0.05) is 29.4 Å². The number of hydrogen-bond donors (Lipinski definition) is 1. The van der Waals surface area contributed by atoms with Gasteiger partial charge in [-0.1, -0.05) is 6.07 Å². The summed E-state index contributed by atoms with van der Waals surface area (Å²) in [5, 5.41) is 12.0. The molecule has 1 atom stereocenters. The van der Waals surface area contributed by atoms with E-state index in [0.29, 0.717) is 17.9 Å². The predicted molar refractivity (Wildman–Crippen MR) is 63.3 cm³/mol. The van der Waals surface area contributed by atoms with Gasteiger partial charge >= 0.3 is 0 Å². The third-order valence-corrected chi connectivity index (χ3v) is 2.78. The highest BCUT2D eigenvalue weighted by Gasteiger charge is 2.01. The van der Waals surface area contributed by atoms with E-state index in [-0.39, 0.29) is 0 Å². The molecule has 1 aromatic rings. The van der Waals surface area contributed by atoms with Crippen molar-refractivity contribution in [1.82, 2.24) is 0 Å². The molecule has 4 heteroatoms. The molecule has 1 N–H and O–H groups in total. The third-order valence-electron chi connectivity index (χ3n) is 2.00. The topological polar surface area (TPSA) is 52.9 Å². The van der Waals surface area contributed by atoms with Crippen LogP contribution in [0.4, 0.5) is 5.69 Å². The summed E-state index contributed by atoms with van der Waals surface area (Å²) in [6.07, 6.45) is 1.67. The molecule has 0 heterocycles. The van der Waals surface area contributed by atoms with Crippen molar-refractivity contribution in [3.63, 3.8) is 0 Å². The lowest BCUT2D eigenvalue weighted by atomic mass is 10.1. The molecule has 0 radical (unpaired) electrons. The molecule has 0 aliphatic carbocycles. The molecule has 0 saturated heterocycles. The Morgan fingerprint density at radius 2 is 2.27 bits per heavy atom. The van der Waals surface area contributed by atoms with Crippen LogP contribution in [0.25, 0.3) is 0 Å². The highest BCUT2D eigenvalue weighted by molar-refractivity contribution is 7.84. The molecule has 0 aliphatic rings. The first-order valence-electron chi connectivity index (χ1n) is 4.68. The van der Waals surface area contributed by atoms with Crippen LogP contribution < -0.4 is 5.32 Å². The zero-order valence-electron chi connectivity index (χ0n) is 8.91. The van der Waals surface area contributed by atoms with Crippen LogP contribution in [0.5, 0.6) is 0 Å². The average molecular weight is 222 g/mol. The third kappa shape index (κ3) is 3.72. The van der Waals surface area contributed by atoms with Crippen molar-refractivity contribution in [3.8, 4) is 6.07 Å². The summed E-state index contributed by atoms with van der Waals surface area (Å²) in [6.45, 7) is 2.60. The van der Waals surface area contributed by atoms with Crippen LogP contribution in [-0.4, -0.2) is 22.8 Å². The minimum absolute atomic E-state index is 0.596. The van der Waals surface area contributed by atoms with Crippen molar-refractivity contribution >= 4 is 16.5 Å². The van der Waals surface area contributed by atoms with Crippen molar-refractivity contribution < 1.29 is 4.21 Å². The van der Waals surface area contributed by atoms with E-state index < -0.39 is 10.8 Å². The van der Waals surface area contributed by atoms with Gasteiger partial charge in [0.1, 0.15) is 6.07 Å². The van der Waals surface area contributed by atoms with Gasteiger partial charge in [-0.05, 0) is 24.6 Å². The van der Waals surface area contributed by atoms with Gasteiger partial charge in [-0.2, -0.15) is 5.26 Å². The van der Waals surface area contributed by atoms with Gasteiger partial charge in [0.25, 0.3) is 0 Å². The first kappa shape index (κ1) is 11.7. The second kappa shape index (κ2) is 5.52. The Balaban J connectivity index is 2.71. The number of nitrogens with one attached hydrogen (secondary N) is 1. The molecule has 3 nitrogen and oxygen atoms in total. The highest BCUT2D eigenvalue weighted by Crippen LogP contribution is 2.15. The standard InChI is InChI=1S/C11H14N2OS/c1-9-3-4-10(8-12)11(7-9)13-5-6-15(2)14/h3-4,7,13H,5-6H2,1-2H3. The maximum atomic E-state index is 10.9. The van der Waals surface area contributed by atoms with Gasteiger partial charge in [-0.15, -0.1) is 0 Å². The number of nitrogens with zero attached hydrogens (tertiary/aromatic N) is 1. The average Bonchev–Trinajstić information content (AvgIpc) is 2.17. The van der Waals surface area contributed by atoms with Crippen LogP contribution >= 0.6 is 0 Å². The van der Waals surface area contributed by atoms with Gasteiger partial charge in [0.05, 0.1) is 11.3 Å². The summed E-state index contributed by atoms with van der Waals surface area (Å²) in [4.78, 5) is 0. The van der Waals surface area contributed by atoms with Crippen molar-refractivity contribution in [2.75, 3.05) is 23.9 Å². The van der Waals surface area contributed by atoms with E-state index >= 15 is 0 Å². The van der Waals surface area contributed by atoms with E-state index in [1.165, 1.54) is 0 Å². The molecular weight excluding hydrogens is 208 g/mol. The van der Waals surface area contributed by atoms with Crippen molar-refractivity contribution in [1.29, 1.82) is 5.26 Å². The summed E-state index contributed by atoms with van der Waals surface area (Å²) in [5.41, 5.74) is 2.56. The maximum Gasteiger partial charge on any atom is 0.101 e. The van der Waals surface area contributed by atoms with E-state index in [1.54, 1.807) is 12.3 Å². The van der Waals surface area contributed by atoms with E-state index in [0.717, 1.165) is 11.3 Å². The molecule has 0 saturated carbocycles. The Morgan fingerprint density at radius 3 is 2.87 bits per heavy atom. The number of nitriles is 1. The minimum atomic E-state index is -0.799. The summed E-state index contributed by atoms with van der Waals surface area (Å²) < 4.78 is 10.9. The molecule has 0 bridgehead atoms. The van der Waals surface area contributed by atoms with Crippen LogP contribution in [-0.2, 0) is 10.8 Å². The zero-order chi connectivity index (χ0) is 11.3. The van der Waals surface area contributed by atoms with Gasteiger partial charge < -0.3 is 5.32 Å². The SMILES string of the molecule is Cc1ccc(C#N)c(NCCS(C)=O)c1. The van der Waals surface area contributed by atoms with E-state index in [2.05, 4.69) is 11.4 Å². The second-order valence-corrected chi connectivity index (χ2v) is 4.92. The molecule has 0 fully saturated rings. The zero-order valence-corrected chi connectivity index (χ0v) is 9.73. The largest absolute Gasteiger partial charge is 0.383 e. The van der Waals surface area contributed by atoms with Crippen LogP contribution in [0, 0.1) is 18.3 Å². The predicted octanol–water partition coefficient (Wildman–Crippen LogP) is 1.66. The summed E-state index contributed by atoms with van der Waals surface area (Å²) in [7, 11) is -0.799. The van der Waals surface area contributed by atoms with Crippen molar-refractivity contribution in [2.24, 2.45) is 0 Å². The normalized spacial score (nSPS) is 11.8. The van der Waals surface area contributed by atoms with Crippen molar-refractivity contribution in [2.45, 2.75) is 6.92 Å². The molecule has 1 unspecified atom stereocenters. The lowest BCUT2D eigenvalue weighted by Gasteiger charge is -2.07. The monoisotopic (exact) mass is 222 g/mol. The van der Waals surface area contributed by atoms with Crippen LogP contribution in [0.15, 0.2) is 18.2 Å². The number of anilines is 1. The fraction of sp³-hybridized carbons (Fsp3) is 0.364. The number of aryl methyl sites for hydroxylation is 1. The van der Waals surface area contributed by atoms with Crippen molar-refractivity contribution in [3.05, 3.63) is 29.3 Å². The quantitative estimate of drug-likeness (QED) is 0.843. The molecule has 1 aromatic carbocycles. The molecular formula is C11H14N2OS. The van der Waals surface area contributed by atoms with Gasteiger partial charge in [0.2, 0.25) is 0 Å². The van der Waals surface area contributed by atoms with E-state index in [9.17, 15) is 4.21 Å². The Kier molecular flexibility index (Phi) is 4.32. The van der Waals surface area contributed by atoms with E-state index in [4.69, 9.17) is 5.26 Å². The summed E-state index contributed by atoms with van der Waals surface area (Å²) in [5.74, 6) is 0.596. The first-order chi connectivity index (χ1) is 7.13. The number of rotatable bonds is 4. The Bertz CT molecular complexity index is 410. The second-order valence-electron chi connectivity index (χ2n) is 3.36. The van der Waals surface area contributed by atoms with Crippen LogP contribution in [0.1, 0.15) is 11.1 Å². The molecule has 0 amide bonds. The number of hydrogen-bond acceptors (Lipinski definition) is 3. The molecule has 0 spiro atoms. The van der Waals surface area contributed by atoms with Gasteiger partial charge in [0.15, 0.2) is 0 Å². The highest BCUT2D eigenvalue weighted by atomic mass is 32.2. The molecule has 0 aromatic heterocycles. The summed E-state index contributed by atoms with van der Waals surface area (Å²) in [6, 6.07) is 7.75. The van der Waals surface area contributed by atoms with Crippen LogP contribution in [0.2, 0.25) is 0 Å². The van der Waals surface area contributed by atoms with Crippen LogP contribution in [0.3, 0.4) is 0 Å². The Morgan fingerprint density at radius 1 is 1.53 bits per heavy atom. The minimum Gasteiger partial charge on any atom is -0.383 e. The lowest BCUT2D eigenvalue weighted by Crippen LogP contribution is -2.10. The van der Waals surface area contributed by atoms with E-state index in [1.807, 2.05) is 19.1 Å². The maximum absolute atomic E-state index is 10.9. The smallest absolute Gasteiger partial charge is 0.101 e. The first-order valence-corrected chi connectivity index (χ1v) is 6.41. The Hall–Kier alpha value is -1.34. The molecule has 1 rings (SSSR count). The van der Waals surface area contributed by atoms with Gasteiger partial charge in [-0.25, -0.2) is 0 Å². The summed E-state index contributed by atoms with van der Waals surface area (Å²) >= 11 is 0. The van der Waals surface area contributed by atoms with Gasteiger partial charge in [-0.3, -0.25) is 4.21 Å².